The van der Waals surface area contributed by atoms with Gasteiger partial charge in [-0.05, 0) is 49.6 Å². The number of nitrogens with zero attached hydrogens (tertiary/aromatic N) is 1. The Morgan fingerprint density at radius 1 is 0.880 bits per heavy atom. The van der Waals surface area contributed by atoms with Crippen LogP contribution in [0, 0.1) is 12.3 Å². The normalized spacial score (nSPS) is 13.4. The van der Waals surface area contributed by atoms with Crippen LogP contribution in [0.15, 0.2) is 78.9 Å². The lowest BCUT2D eigenvalue weighted by molar-refractivity contribution is -0.129. The van der Waals surface area contributed by atoms with Crippen molar-refractivity contribution < 1.29 is 27.6 Å². The van der Waals surface area contributed by atoms with E-state index < -0.39 is 51.9 Å². The van der Waals surface area contributed by atoms with Crippen molar-refractivity contribution in [2.75, 3.05) is 30.7 Å². The molecule has 0 unspecified atom stereocenters. The zero-order chi connectivity index (χ0) is 36.8. The molecule has 0 heterocycles. The molecule has 0 saturated carbocycles. The van der Waals surface area contributed by atoms with Gasteiger partial charge in [-0.15, -0.1) is 12.3 Å². The van der Waals surface area contributed by atoms with Crippen molar-refractivity contribution in [3.05, 3.63) is 101 Å². The lowest BCUT2D eigenvalue weighted by atomic mass is 10.0. The highest BCUT2D eigenvalue weighted by atomic mass is 32.2. The van der Waals surface area contributed by atoms with Crippen molar-refractivity contribution in [3.63, 3.8) is 0 Å². The number of hydrogen-bond acceptors (Lipinski definition) is 8. The molecule has 3 aromatic carbocycles. The van der Waals surface area contributed by atoms with Gasteiger partial charge in [0, 0.05) is 43.7 Å². The van der Waals surface area contributed by atoms with Gasteiger partial charge in [0.15, 0.2) is 6.17 Å². The summed E-state index contributed by atoms with van der Waals surface area (Å²) in [6, 6.07) is 20.9. The Kier molecular flexibility index (Phi) is 14.5. The van der Waals surface area contributed by atoms with Crippen molar-refractivity contribution in [2.45, 2.75) is 51.0 Å². The van der Waals surface area contributed by atoms with E-state index in [0.717, 1.165) is 21.7 Å². The van der Waals surface area contributed by atoms with E-state index in [1.807, 2.05) is 67.6 Å². The first-order chi connectivity index (χ1) is 23.7. The number of nitrogens with one attached hydrogen (secondary N) is 5. The Bertz CT molecular complexity index is 1780. The fourth-order valence-electron chi connectivity index (χ4n) is 4.96. The summed E-state index contributed by atoms with van der Waals surface area (Å²) in [6.07, 6.45) is 5.58. The maximum Gasteiger partial charge on any atom is 0.257 e. The van der Waals surface area contributed by atoms with Crippen LogP contribution < -0.4 is 36.6 Å². The fourth-order valence-corrected chi connectivity index (χ4v) is 5.45. The summed E-state index contributed by atoms with van der Waals surface area (Å²) in [5, 5.41) is 13.9. The van der Waals surface area contributed by atoms with E-state index in [9.17, 15) is 27.6 Å². The second kappa shape index (κ2) is 18.5. The fraction of sp³-hybridized carbons (Fsp3) is 0.333. The molecule has 0 aromatic heterocycles. The minimum absolute atomic E-state index is 0.0281. The van der Waals surface area contributed by atoms with E-state index in [4.69, 9.17) is 12.2 Å². The summed E-state index contributed by atoms with van der Waals surface area (Å²) in [6.45, 7) is 3.94. The number of amides is 4. The number of benzene rings is 3. The van der Waals surface area contributed by atoms with Crippen LogP contribution in [0.2, 0.25) is 0 Å². The molecule has 0 spiro atoms. The average molecular weight is 704 g/mol. The van der Waals surface area contributed by atoms with Crippen molar-refractivity contribution in [1.82, 2.24) is 26.6 Å². The van der Waals surface area contributed by atoms with Gasteiger partial charge in [0.2, 0.25) is 15.9 Å². The van der Waals surface area contributed by atoms with Gasteiger partial charge in [-0.25, -0.2) is 8.42 Å². The van der Waals surface area contributed by atoms with Crippen LogP contribution in [0.4, 0.5) is 5.69 Å². The molecule has 4 amide bonds. The Labute approximate surface area is 293 Å². The molecule has 0 aliphatic carbocycles. The van der Waals surface area contributed by atoms with E-state index in [1.165, 1.54) is 25.2 Å². The minimum atomic E-state index is -3.75. The standard InChI is InChI=1S/C36H45N7O6S/c1-6-14-31(35(46)42-32(37)36(47)38-7-2)39-23-29(19-25-15-10-8-11-16-25)41-34(45)28-20-27(21-30(22-28)43(4)50(5,48)49)33(44)40-24(3)26-17-12-9-13-18-26/h1,8-13,15-18,20-22,24,29,31-32,39H,7,14,19,23,37H2,2-5H3,(H,38,47)(H,40,44)(H,41,45)(H,42,46)/t24-,29+,31+,32-/m1/s1. The lowest BCUT2D eigenvalue weighted by Gasteiger charge is -2.24. The van der Waals surface area contributed by atoms with E-state index >= 15 is 0 Å². The zero-order valence-electron chi connectivity index (χ0n) is 28.6. The van der Waals surface area contributed by atoms with E-state index in [-0.39, 0.29) is 35.8 Å². The quantitative estimate of drug-likeness (QED) is 0.0899. The molecule has 13 nitrogen and oxygen atoms in total. The van der Waals surface area contributed by atoms with Gasteiger partial charge >= 0.3 is 0 Å². The smallest absolute Gasteiger partial charge is 0.257 e. The highest BCUT2D eigenvalue weighted by molar-refractivity contribution is 7.92. The highest BCUT2D eigenvalue weighted by Crippen LogP contribution is 2.22. The molecule has 266 valence electrons. The summed E-state index contributed by atoms with van der Waals surface area (Å²) in [4.78, 5) is 52.4. The number of carbonyl (C=O) groups is 4. The molecule has 3 rings (SSSR count). The molecule has 0 radical (unpaired) electrons. The van der Waals surface area contributed by atoms with Gasteiger partial charge < -0.3 is 32.3 Å². The first-order valence-electron chi connectivity index (χ1n) is 16.0. The predicted octanol–water partition coefficient (Wildman–Crippen LogP) is 1.43. The Morgan fingerprint density at radius 2 is 1.46 bits per heavy atom. The largest absolute Gasteiger partial charge is 0.353 e. The molecular weight excluding hydrogens is 659 g/mol. The number of nitrogens with two attached hydrogens (primary N) is 1. The monoisotopic (exact) mass is 703 g/mol. The van der Waals surface area contributed by atoms with Gasteiger partial charge in [0.25, 0.3) is 17.7 Å². The summed E-state index contributed by atoms with van der Waals surface area (Å²) in [5.74, 6) is 0.204. The maximum atomic E-state index is 13.9. The van der Waals surface area contributed by atoms with E-state index in [0.29, 0.717) is 13.0 Å². The SMILES string of the molecule is C#CC[C@H](NC[C@H](Cc1ccccc1)NC(=O)c1cc(C(=O)N[C@H](C)c2ccccc2)cc(N(C)S(C)(=O)=O)c1)C(=O)N[C@@H](N)C(=O)NCC. The van der Waals surface area contributed by atoms with Crippen LogP contribution in [0.3, 0.4) is 0 Å². The van der Waals surface area contributed by atoms with Crippen LogP contribution in [0.5, 0.6) is 0 Å². The van der Waals surface area contributed by atoms with E-state index in [1.54, 1.807) is 6.92 Å². The predicted molar refractivity (Wildman–Crippen MR) is 193 cm³/mol. The third-order valence-corrected chi connectivity index (χ3v) is 9.00. The van der Waals surface area contributed by atoms with Crippen LogP contribution in [0.25, 0.3) is 0 Å². The number of rotatable bonds is 17. The maximum absolute atomic E-state index is 13.9. The molecule has 0 saturated heterocycles. The van der Waals surface area contributed by atoms with E-state index in [2.05, 4.69) is 32.5 Å². The Morgan fingerprint density at radius 3 is 2.02 bits per heavy atom. The van der Waals surface area contributed by atoms with Crippen molar-refractivity contribution in [1.29, 1.82) is 0 Å². The van der Waals surface area contributed by atoms with Crippen molar-refractivity contribution in [3.8, 4) is 12.3 Å². The lowest BCUT2D eigenvalue weighted by Crippen LogP contribution is -2.57. The summed E-state index contributed by atoms with van der Waals surface area (Å²) in [5.41, 5.74) is 7.81. The molecule has 0 fully saturated rings. The number of likely N-dealkylation sites (N-methyl/N-ethyl adjacent to an activating group) is 1. The Hall–Kier alpha value is -5.23. The van der Waals surface area contributed by atoms with Gasteiger partial charge in [0.1, 0.15) is 0 Å². The van der Waals surface area contributed by atoms with Crippen LogP contribution in [-0.4, -0.2) is 76.7 Å². The molecule has 50 heavy (non-hydrogen) atoms. The Balaban J connectivity index is 1.90. The van der Waals surface area contributed by atoms with Gasteiger partial charge in [-0.2, -0.15) is 0 Å². The van der Waals surface area contributed by atoms with Crippen molar-refractivity contribution >= 4 is 39.3 Å². The second-order valence-corrected chi connectivity index (χ2v) is 13.7. The zero-order valence-corrected chi connectivity index (χ0v) is 29.4. The number of hydrogen-bond donors (Lipinski definition) is 6. The second-order valence-electron chi connectivity index (χ2n) is 11.7. The summed E-state index contributed by atoms with van der Waals surface area (Å²) in [7, 11) is -2.42. The average Bonchev–Trinajstić information content (AvgIpc) is 3.09. The topological polar surface area (TPSA) is 192 Å². The molecule has 0 bridgehead atoms. The van der Waals surface area contributed by atoms with Crippen LogP contribution in [-0.2, 0) is 26.0 Å². The molecule has 3 aromatic rings. The van der Waals surface area contributed by atoms with Gasteiger partial charge in [0.05, 0.1) is 24.0 Å². The molecule has 7 N–H and O–H groups in total. The van der Waals surface area contributed by atoms with Gasteiger partial charge in [-0.3, -0.25) is 23.5 Å². The number of anilines is 1. The third-order valence-electron chi connectivity index (χ3n) is 7.79. The van der Waals surface area contributed by atoms with Crippen LogP contribution in [0.1, 0.15) is 58.2 Å². The van der Waals surface area contributed by atoms with Crippen molar-refractivity contribution in [2.24, 2.45) is 5.73 Å². The molecule has 14 heteroatoms. The number of carbonyl (C=O) groups excluding carboxylic acids is 4. The molecule has 4 atom stereocenters. The van der Waals surface area contributed by atoms with Crippen LogP contribution >= 0.6 is 0 Å². The molecular formula is C36H45N7O6S. The first kappa shape index (κ1) is 39.2. The van der Waals surface area contributed by atoms with Gasteiger partial charge in [-0.1, -0.05) is 60.7 Å². The highest BCUT2D eigenvalue weighted by Gasteiger charge is 2.25. The molecule has 0 aliphatic heterocycles. The minimum Gasteiger partial charge on any atom is -0.353 e. The molecule has 0 aliphatic rings. The summed E-state index contributed by atoms with van der Waals surface area (Å²) < 4.78 is 25.9. The number of terminal acetylenes is 1. The first-order valence-corrected chi connectivity index (χ1v) is 17.9. The summed E-state index contributed by atoms with van der Waals surface area (Å²) >= 11 is 0. The third kappa shape index (κ3) is 11.7. The number of sulfonamides is 1.